The molecule has 1 aliphatic heterocycles. The van der Waals surface area contributed by atoms with Crippen LogP contribution in [-0.2, 0) is 11.3 Å². The molecule has 1 atom stereocenters. The highest BCUT2D eigenvalue weighted by Crippen LogP contribution is 2.24. The maximum absolute atomic E-state index is 12.7. The number of halogens is 1. The number of benzene rings is 1. The molecule has 1 aromatic carbocycles. The minimum absolute atomic E-state index is 0.0993. The molecular weight excluding hydrogens is 410 g/mol. The molecular formula is C20H26BrN3OS. The van der Waals surface area contributed by atoms with E-state index in [2.05, 4.69) is 56.9 Å². The van der Waals surface area contributed by atoms with Crippen LogP contribution < -0.4 is 0 Å². The molecule has 1 aromatic heterocycles. The van der Waals surface area contributed by atoms with Crippen molar-refractivity contribution in [3.8, 4) is 0 Å². The second kappa shape index (κ2) is 9.13. The van der Waals surface area contributed by atoms with Gasteiger partial charge in [0.15, 0.2) is 0 Å². The van der Waals surface area contributed by atoms with E-state index in [0.717, 1.165) is 32.7 Å². The monoisotopic (exact) mass is 435 g/mol. The van der Waals surface area contributed by atoms with Crippen LogP contribution in [0.2, 0.25) is 0 Å². The Morgan fingerprint density at radius 3 is 2.38 bits per heavy atom. The third-order valence-electron chi connectivity index (χ3n) is 5.09. The second-order valence-electron chi connectivity index (χ2n) is 6.85. The minimum atomic E-state index is 0.0993. The molecule has 1 unspecified atom stereocenters. The van der Waals surface area contributed by atoms with Gasteiger partial charge in [0.25, 0.3) is 0 Å². The molecule has 2 heterocycles. The van der Waals surface area contributed by atoms with Gasteiger partial charge in [0.05, 0.1) is 16.4 Å². The van der Waals surface area contributed by atoms with Crippen molar-refractivity contribution in [3.63, 3.8) is 0 Å². The summed E-state index contributed by atoms with van der Waals surface area (Å²) in [5.41, 5.74) is 1.18. The van der Waals surface area contributed by atoms with E-state index in [1.54, 1.807) is 11.3 Å². The molecule has 4 nitrogen and oxygen atoms in total. The zero-order chi connectivity index (χ0) is 18.5. The minimum Gasteiger partial charge on any atom is -0.338 e. The number of thiophene rings is 1. The smallest absolute Gasteiger partial charge is 0.236 e. The Kier molecular flexibility index (Phi) is 6.86. The molecule has 1 saturated heterocycles. The molecule has 1 amide bonds. The van der Waals surface area contributed by atoms with Crippen molar-refractivity contribution in [2.45, 2.75) is 19.5 Å². The first-order valence-corrected chi connectivity index (χ1v) is 10.6. The van der Waals surface area contributed by atoms with Crippen LogP contribution in [0, 0.1) is 0 Å². The number of carbonyl (C=O) groups is 1. The van der Waals surface area contributed by atoms with E-state index in [1.165, 1.54) is 14.2 Å². The molecule has 2 aromatic rings. The molecule has 0 bridgehead atoms. The lowest BCUT2D eigenvalue weighted by atomic mass is 10.1. The Balaban J connectivity index is 1.45. The molecule has 0 radical (unpaired) electrons. The summed E-state index contributed by atoms with van der Waals surface area (Å²) in [6.07, 6.45) is 0. The van der Waals surface area contributed by atoms with Crippen molar-refractivity contribution in [3.05, 3.63) is 56.7 Å². The molecule has 1 fully saturated rings. The average molecular weight is 436 g/mol. The van der Waals surface area contributed by atoms with Crippen LogP contribution >= 0.6 is 27.3 Å². The van der Waals surface area contributed by atoms with Gasteiger partial charge in [-0.3, -0.25) is 14.6 Å². The zero-order valence-electron chi connectivity index (χ0n) is 15.4. The van der Waals surface area contributed by atoms with Crippen molar-refractivity contribution < 1.29 is 4.79 Å². The summed E-state index contributed by atoms with van der Waals surface area (Å²) in [4.78, 5) is 20.7. The lowest BCUT2D eigenvalue weighted by Crippen LogP contribution is -2.49. The van der Waals surface area contributed by atoms with E-state index in [9.17, 15) is 4.79 Å². The Hall–Kier alpha value is -1.21. The van der Waals surface area contributed by atoms with Crippen LogP contribution in [0.1, 0.15) is 23.4 Å². The SMILES string of the molecule is CC(c1ccccc1)N(C)C(=O)CN1CCN(Cc2ccc(Br)s2)CC1. The average Bonchev–Trinajstić information content (AvgIpc) is 3.07. The van der Waals surface area contributed by atoms with Crippen molar-refractivity contribution in [2.75, 3.05) is 39.8 Å². The first-order chi connectivity index (χ1) is 12.5. The van der Waals surface area contributed by atoms with E-state index >= 15 is 0 Å². The molecule has 0 aliphatic carbocycles. The summed E-state index contributed by atoms with van der Waals surface area (Å²) in [6, 6.07) is 14.6. The van der Waals surface area contributed by atoms with Gasteiger partial charge in [-0.15, -0.1) is 11.3 Å². The van der Waals surface area contributed by atoms with Gasteiger partial charge in [-0.05, 0) is 40.5 Å². The Morgan fingerprint density at radius 2 is 1.77 bits per heavy atom. The molecule has 6 heteroatoms. The maximum atomic E-state index is 12.7. The van der Waals surface area contributed by atoms with Crippen LogP contribution in [0.4, 0.5) is 0 Å². The summed E-state index contributed by atoms with van der Waals surface area (Å²) >= 11 is 5.32. The summed E-state index contributed by atoms with van der Waals surface area (Å²) in [5.74, 6) is 0.192. The predicted octanol–water partition coefficient (Wildman–Crippen LogP) is 3.85. The van der Waals surface area contributed by atoms with Crippen molar-refractivity contribution in [2.24, 2.45) is 0 Å². The lowest BCUT2D eigenvalue weighted by Gasteiger charge is -2.35. The van der Waals surface area contributed by atoms with E-state index in [-0.39, 0.29) is 11.9 Å². The number of hydrogen-bond acceptors (Lipinski definition) is 4. The van der Waals surface area contributed by atoms with Gasteiger partial charge in [0, 0.05) is 44.6 Å². The van der Waals surface area contributed by atoms with Crippen molar-refractivity contribution >= 4 is 33.2 Å². The molecule has 1 aliphatic rings. The van der Waals surface area contributed by atoms with E-state index in [4.69, 9.17) is 0 Å². The Morgan fingerprint density at radius 1 is 1.12 bits per heavy atom. The zero-order valence-corrected chi connectivity index (χ0v) is 17.8. The molecule has 0 saturated carbocycles. The first-order valence-electron chi connectivity index (χ1n) is 9.02. The number of amides is 1. The van der Waals surface area contributed by atoms with Crippen molar-refractivity contribution in [1.29, 1.82) is 0 Å². The highest BCUT2D eigenvalue weighted by Gasteiger charge is 2.23. The normalized spacial score (nSPS) is 17.2. The van der Waals surface area contributed by atoms with E-state index < -0.39 is 0 Å². The largest absolute Gasteiger partial charge is 0.338 e. The number of nitrogens with zero attached hydrogens (tertiary/aromatic N) is 3. The van der Waals surface area contributed by atoms with Gasteiger partial charge in [0.2, 0.25) is 5.91 Å². The summed E-state index contributed by atoms with van der Waals surface area (Å²) in [6.45, 7) is 7.53. The number of rotatable bonds is 6. The number of piperazine rings is 1. The van der Waals surface area contributed by atoms with E-state index in [1.807, 2.05) is 30.1 Å². The topological polar surface area (TPSA) is 26.8 Å². The number of likely N-dealkylation sites (N-methyl/N-ethyl adjacent to an activating group) is 1. The van der Waals surface area contributed by atoms with Gasteiger partial charge < -0.3 is 4.90 Å². The van der Waals surface area contributed by atoms with Gasteiger partial charge >= 0.3 is 0 Å². The van der Waals surface area contributed by atoms with Crippen LogP contribution in [0.5, 0.6) is 0 Å². The second-order valence-corrected chi connectivity index (χ2v) is 9.40. The quantitative estimate of drug-likeness (QED) is 0.689. The van der Waals surface area contributed by atoms with Gasteiger partial charge in [-0.1, -0.05) is 30.3 Å². The standard InChI is InChI=1S/C20H26BrN3OS/c1-16(17-6-4-3-5-7-17)22(2)20(25)15-24-12-10-23(11-13-24)14-18-8-9-19(21)26-18/h3-9,16H,10-15H2,1-2H3. The predicted molar refractivity (Wildman–Crippen MR) is 111 cm³/mol. The number of hydrogen-bond donors (Lipinski definition) is 0. The van der Waals surface area contributed by atoms with Gasteiger partial charge in [0.1, 0.15) is 0 Å². The van der Waals surface area contributed by atoms with Crippen LogP contribution in [0.15, 0.2) is 46.3 Å². The summed E-state index contributed by atoms with van der Waals surface area (Å²) in [5, 5.41) is 0. The lowest BCUT2D eigenvalue weighted by molar-refractivity contribution is -0.133. The summed E-state index contributed by atoms with van der Waals surface area (Å²) in [7, 11) is 1.91. The van der Waals surface area contributed by atoms with Gasteiger partial charge in [-0.25, -0.2) is 0 Å². The fraction of sp³-hybridized carbons (Fsp3) is 0.450. The van der Waals surface area contributed by atoms with Crippen LogP contribution in [0.25, 0.3) is 0 Å². The third kappa shape index (κ3) is 5.16. The molecule has 0 N–H and O–H groups in total. The van der Waals surface area contributed by atoms with E-state index in [0.29, 0.717) is 6.54 Å². The maximum Gasteiger partial charge on any atom is 0.236 e. The fourth-order valence-corrected chi connectivity index (χ4v) is 4.76. The Bertz CT molecular complexity index is 713. The fourth-order valence-electron chi connectivity index (χ4n) is 3.24. The third-order valence-corrected chi connectivity index (χ3v) is 6.70. The molecule has 3 rings (SSSR count). The highest BCUT2D eigenvalue weighted by atomic mass is 79.9. The molecule has 140 valence electrons. The Labute approximate surface area is 168 Å². The van der Waals surface area contributed by atoms with Gasteiger partial charge in [-0.2, -0.15) is 0 Å². The number of carbonyl (C=O) groups excluding carboxylic acids is 1. The molecule has 26 heavy (non-hydrogen) atoms. The van der Waals surface area contributed by atoms with Crippen molar-refractivity contribution in [1.82, 2.24) is 14.7 Å². The van der Waals surface area contributed by atoms with Crippen LogP contribution in [0.3, 0.4) is 0 Å². The molecule has 0 spiro atoms. The summed E-state index contributed by atoms with van der Waals surface area (Å²) < 4.78 is 1.19. The van der Waals surface area contributed by atoms with Crippen LogP contribution in [-0.4, -0.2) is 60.4 Å². The highest BCUT2D eigenvalue weighted by molar-refractivity contribution is 9.11. The first kappa shape index (κ1) is 19.5.